The summed E-state index contributed by atoms with van der Waals surface area (Å²) in [5, 5.41) is 3.00. The van der Waals surface area contributed by atoms with Crippen molar-refractivity contribution in [2.24, 2.45) is 0 Å². The van der Waals surface area contributed by atoms with Gasteiger partial charge >= 0.3 is 0 Å². The van der Waals surface area contributed by atoms with E-state index in [1.54, 1.807) is 0 Å². The number of rotatable bonds is 10. The molecule has 168 valence electrons. The molecule has 0 radical (unpaired) electrons. The van der Waals surface area contributed by atoms with E-state index in [9.17, 15) is 18.0 Å². The second-order valence-corrected chi connectivity index (χ2v) is 9.56. The van der Waals surface area contributed by atoms with Crippen molar-refractivity contribution >= 4 is 33.4 Å². The first-order chi connectivity index (χ1) is 14.7. The number of nitrogens with one attached hydrogen (secondary N) is 1. The van der Waals surface area contributed by atoms with Crippen LogP contribution >= 0.6 is 11.6 Å². The van der Waals surface area contributed by atoms with Gasteiger partial charge in [-0.3, -0.25) is 9.59 Å². The largest absolute Gasteiger partial charge is 0.357 e. The number of halogens is 1. The zero-order valence-corrected chi connectivity index (χ0v) is 19.5. The second-order valence-electron chi connectivity index (χ2n) is 7.08. The van der Waals surface area contributed by atoms with Gasteiger partial charge in [0.1, 0.15) is 6.04 Å². The Bertz CT molecular complexity index is 982. The lowest BCUT2D eigenvalue weighted by molar-refractivity contribution is -0.140. The van der Waals surface area contributed by atoms with Gasteiger partial charge in [-0.1, -0.05) is 48.9 Å². The predicted octanol–water partition coefficient (Wildman–Crippen LogP) is 2.56. The van der Waals surface area contributed by atoms with Crippen molar-refractivity contribution < 1.29 is 18.0 Å². The third kappa shape index (κ3) is 6.53. The number of amides is 2. The Kier molecular flexibility index (Phi) is 9.03. The Morgan fingerprint density at radius 2 is 1.68 bits per heavy atom. The van der Waals surface area contributed by atoms with Gasteiger partial charge in [0.15, 0.2) is 0 Å². The summed E-state index contributed by atoms with van der Waals surface area (Å²) in [5.41, 5.74) is 1.02. The summed E-state index contributed by atoms with van der Waals surface area (Å²) >= 11 is 5.84. The molecule has 0 aliphatic rings. The van der Waals surface area contributed by atoms with E-state index in [4.69, 9.17) is 11.6 Å². The summed E-state index contributed by atoms with van der Waals surface area (Å²) in [6.45, 7) is 1.73. The highest BCUT2D eigenvalue weighted by atomic mass is 35.5. The van der Waals surface area contributed by atoms with Gasteiger partial charge in [-0.05, 0) is 42.7 Å². The Morgan fingerprint density at radius 1 is 1.06 bits per heavy atom. The monoisotopic (exact) mass is 465 g/mol. The van der Waals surface area contributed by atoms with E-state index in [1.807, 2.05) is 37.3 Å². The van der Waals surface area contributed by atoms with E-state index in [-0.39, 0.29) is 17.3 Å². The molecular formula is C22H28ClN3O4S. The van der Waals surface area contributed by atoms with Crippen molar-refractivity contribution in [2.45, 2.75) is 30.7 Å². The molecule has 9 heteroatoms. The molecule has 7 nitrogen and oxygen atoms in total. The fourth-order valence-electron chi connectivity index (χ4n) is 3.22. The maximum atomic E-state index is 13.1. The van der Waals surface area contributed by atoms with Crippen LogP contribution < -0.4 is 5.32 Å². The first-order valence-corrected chi connectivity index (χ1v) is 11.8. The number of likely N-dealkylation sites (N-methyl/N-ethyl adjacent to an activating group) is 2. The van der Waals surface area contributed by atoms with E-state index in [0.29, 0.717) is 24.4 Å². The Hall–Kier alpha value is -2.42. The molecule has 0 saturated carbocycles. The number of carbonyl (C=O) groups is 2. The highest BCUT2D eigenvalue weighted by Gasteiger charge is 2.31. The lowest BCUT2D eigenvalue weighted by atomic mass is 10.1. The molecule has 2 aromatic carbocycles. The minimum Gasteiger partial charge on any atom is -0.357 e. The molecule has 1 atom stereocenters. The molecule has 0 fully saturated rings. The van der Waals surface area contributed by atoms with E-state index >= 15 is 0 Å². The highest BCUT2D eigenvalue weighted by molar-refractivity contribution is 7.89. The predicted molar refractivity (Wildman–Crippen MR) is 121 cm³/mol. The minimum atomic E-state index is -3.88. The minimum absolute atomic E-state index is 0.0429. The van der Waals surface area contributed by atoms with Gasteiger partial charge in [0.05, 0.1) is 11.4 Å². The summed E-state index contributed by atoms with van der Waals surface area (Å²) in [4.78, 5) is 27.0. The third-order valence-corrected chi connectivity index (χ3v) is 7.07. The van der Waals surface area contributed by atoms with E-state index in [0.717, 1.165) is 9.87 Å². The van der Waals surface area contributed by atoms with Crippen LogP contribution in [-0.4, -0.2) is 62.7 Å². The van der Waals surface area contributed by atoms with Gasteiger partial charge in [0.25, 0.3) is 0 Å². The summed E-state index contributed by atoms with van der Waals surface area (Å²) in [5.74, 6) is -0.724. The number of sulfonamides is 1. The summed E-state index contributed by atoms with van der Waals surface area (Å²) in [7, 11) is -1.02. The van der Waals surface area contributed by atoms with Crippen LogP contribution in [0.4, 0.5) is 0 Å². The van der Waals surface area contributed by atoms with Crippen molar-refractivity contribution in [1.82, 2.24) is 14.5 Å². The van der Waals surface area contributed by atoms with Crippen molar-refractivity contribution in [3.05, 3.63) is 65.2 Å². The molecule has 2 rings (SSSR count). The van der Waals surface area contributed by atoms with E-state index in [1.165, 1.54) is 43.3 Å². The molecule has 0 spiro atoms. The van der Waals surface area contributed by atoms with Gasteiger partial charge in [-0.2, -0.15) is 4.31 Å². The fraction of sp³-hybridized carbons (Fsp3) is 0.364. The molecule has 0 bridgehead atoms. The van der Waals surface area contributed by atoms with Gasteiger partial charge in [0, 0.05) is 25.7 Å². The number of hydrogen-bond donors (Lipinski definition) is 1. The van der Waals surface area contributed by atoms with Crippen LogP contribution in [0.15, 0.2) is 59.5 Å². The molecule has 0 aliphatic carbocycles. The molecule has 0 aliphatic heterocycles. The quantitative estimate of drug-likeness (QED) is 0.584. The number of nitrogens with zero attached hydrogens (tertiary/aromatic N) is 2. The average Bonchev–Trinajstić information content (AvgIpc) is 2.76. The van der Waals surface area contributed by atoms with E-state index < -0.39 is 22.0 Å². The molecule has 2 aromatic rings. The van der Waals surface area contributed by atoms with Gasteiger partial charge < -0.3 is 10.2 Å². The number of hydrogen-bond acceptors (Lipinski definition) is 4. The zero-order valence-electron chi connectivity index (χ0n) is 17.9. The molecule has 0 heterocycles. The first-order valence-electron chi connectivity index (χ1n) is 9.97. The Balaban J connectivity index is 2.22. The fourth-order valence-corrected chi connectivity index (χ4v) is 4.46. The second kappa shape index (κ2) is 11.3. The van der Waals surface area contributed by atoms with Gasteiger partial charge in [-0.15, -0.1) is 0 Å². The summed E-state index contributed by atoms with van der Waals surface area (Å²) in [6.07, 6.45) is 0.960. The average molecular weight is 466 g/mol. The normalized spacial score (nSPS) is 12.4. The topological polar surface area (TPSA) is 86.8 Å². The number of carbonyl (C=O) groups excluding carboxylic acids is 2. The van der Waals surface area contributed by atoms with Crippen LogP contribution in [0.1, 0.15) is 18.9 Å². The van der Waals surface area contributed by atoms with Crippen molar-refractivity contribution in [2.75, 3.05) is 27.2 Å². The van der Waals surface area contributed by atoms with Gasteiger partial charge in [0.2, 0.25) is 21.8 Å². The van der Waals surface area contributed by atoms with Crippen molar-refractivity contribution in [3.63, 3.8) is 0 Å². The van der Waals surface area contributed by atoms with Gasteiger partial charge in [-0.25, -0.2) is 8.42 Å². The summed E-state index contributed by atoms with van der Waals surface area (Å²) in [6, 6.07) is 14.7. The maximum absolute atomic E-state index is 13.1. The third-order valence-electron chi connectivity index (χ3n) is 5.00. The summed E-state index contributed by atoms with van der Waals surface area (Å²) < 4.78 is 26.7. The van der Waals surface area contributed by atoms with Crippen molar-refractivity contribution in [3.8, 4) is 0 Å². The van der Waals surface area contributed by atoms with Crippen LogP contribution in [0.25, 0.3) is 0 Å². The molecule has 1 N–H and O–H groups in total. The molecule has 0 saturated heterocycles. The molecule has 0 aromatic heterocycles. The standard InChI is InChI=1S/C22H28ClN3O4S/c1-4-20(22(28)24-2)26(15-14-17-8-6-5-7-9-17)21(27)16-25(3)31(29,30)19-12-10-18(23)11-13-19/h5-13,20H,4,14-16H2,1-3H3,(H,24,28)/t20-/m0/s1. The molecular weight excluding hydrogens is 438 g/mol. The van der Waals surface area contributed by atoms with Crippen LogP contribution in [0.2, 0.25) is 5.02 Å². The lowest BCUT2D eigenvalue weighted by Crippen LogP contribution is -2.52. The SMILES string of the molecule is CC[C@@H](C(=O)NC)N(CCc1ccccc1)C(=O)CN(C)S(=O)(=O)c1ccc(Cl)cc1. The highest BCUT2D eigenvalue weighted by Crippen LogP contribution is 2.18. The molecule has 2 amide bonds. The first kappa shape index (κ1) is 24.8. The van der Waals surface area contributed by atoms with Crippen LogP contribution in [0.3, 0.4) is 0 Å². The van der Waals surface area contributed by atoms with E-state index in [2.05, 4.69) is 5.32 Å². The smallest absolute Gasteiger partial charge is 0.243 e. The van der Waals surface area contributed by atoms with Crippen LogP contribution in [-0.2, 0) is 26.0 Å². The maximum Gasteiger partial charge on any atom is 0.243 e. The van der Waals surface area contributed by atoms with Crippen molar-refractivity contribution in [1.29, 1.82) is 0 Å². The molecule has 0 unspecified atom stereocenters. The Labute approximate surface area is 189 Å². The zero-order chi connectivity index (χ0) is 23.0. The lowest BCUT2D eigenvalue weighted by Gasteiger charge is -2.31. The molecule has 31 heavy (non-hydrogen) atoms. The van der Waals surface area contributed by atoms with Crippen LogP contribution in [0, 0.1) is 0 Å². The Morgan fingerprint density at radius 3 is 2.23 bits per heavy atom. The van der Waals surface area contributed by atoms with Crippen LogP contribution in [0.5, 0.6) is 0 Å². The number of benzene rings is 2.